The average molecular weight is 337 g/mol. The molecule has 1 aromatic carbocycles. The summed E-state index contributed by atoms with van der Waals surface area (Å²) in [4.78, 5) is 21.7. The lowest BCUT2D eigenvalue weighted by Gasteiger charge is -2.33. The van der Waals surface area contributed by atoms with E-state index in [4.69, 9.17) is 0 Å². The highest BCUT2D eigenvalue weighted by Gasteiger charge is 2.28. The van der Waals surface area contributed by atoms with Gasteiger partial charge in [0.2, 0.25) is 5.91 Å². The van der Waals surface area contributed by atoms with Crippen molar-refractivity contribution in [3.05, 3.63) is 48.2 Å². The maximum Gasteiger partial charge on any atom is 0.233 e. The Morgan fingerprint density at radius 2 is 1.96 bits per heavy atom. The predicted octanol–water partition coefficient (Wildman–Crippen LogP) is 1.98. The zero-order valence-corrected chi connectivity index (χ0v) is 14.4. The Bertz CT molecular complexity index is 753. The number of carbonyl (C=O) groups excluding carboxylic acids is 1. The zero-order valence-electron chi connectivity index (χ0n) is 14.4. The Labute approximate surface area is 147 Å². The van der Waals surface area contributed by atoms with Crippen molar-refractivity contribution in [2.75, 3.05) is 55.3 Å². The molecule has 6 nitrogen and oxygen atoms in total. The number of aromatic nitrogens is 1. The largest absolute Gasteiger partial charge is 0.384 e. The van der Waals surface area contributed by atoms with Crippen LogP contribution in [0.25, 0.3) is 0 Å². The molecule has 2 aliphatic rings. The van der Waals surface area contributed by atoms with Crippen molar-refractivity contribution in [1.29, 1.82) is 0 Å². The Kier molecular flexibility index (Phi) is 4.28. The molecule has 4 rings (SSSR count). The summed E-state index contributed by atoms with van der Waals surface area (Å²) in [6, 6.07) is 11.9. The van der Waals surface area contributed by atoms with Crippen LogP contribution in [0.2, 0.25) is 0 Å². The van der Waals surface area contributed by atoms with E-state index in [1.807, 2.05) is 36.4 Å². The molecule has 1 unspecified atom stereocenters. The summed E-state index contributed by atoms with van der Waals surface area (Å²) in [6.07, 6.45) is 1.75. The highest BCUT2D eigenvalue weighted by atomic mass is 16.1. The van der Waals surface area contributed by atoms with Crippen LogP contribution < -0.4 is 15.5 Å². The second-order valence-corrected chi connectivity index (χ2v) is 6.71. The van der Waals surface area contributed by atoms with Crippen LogP contribution in [0.15, 0.2) is 42.6 Å². The van der Waals surface area contributed by atoms with Crippen molar-refractivity contribution in [3.63, 3.8) is 0 Å². The summed E-state index contributed by atoms with van der Waals surface area (Å²) in [6.45, 7) is 4.71. The third kappa shape index (κ3) is 3.30. The summed E-state index contributed by atoms with van der Waals surface area (Å²) in [5.41, 5.74) is 2.85. The number of carbonyl (C=O) groups is 1. The summed E-state index contributed by atoms with van der Waals surface area (Å²) < 4.78 is 0. The first-order valence-electron chi connectivity index (χ1n) is 8.74. The minimum absolute atomic E-state index is 0.00611. The molecule has 1 atom stereocenters. The molecule has 25 heavy (non-hydrogen) atoms. The van der Waals surface area contributed by atoms with Gasteiger partial charge in [0.05, 0.1) is 17.8 Å². The van der Waals surface area contributed by atoms with Crippen molar-refractivity contribution in [2.24, 2.45) is 0 Å². The van der Waals surface area contributed by atoms with Crippen molar-refractivity contribution in [2.45, 2.75) is 5.92 Å². The van der Waals surface area contributed by atoms with E-state index in [0.29, 0.717) is 6.54 Å². The summed E-state index contributed by atoms with van der Waals surface area (Å²) in [7, 11) is 2.14. The minimum atomic E-state index is -0.159. The zero-order chi connectivity index (χ0) is 17.2. The molecule has 2 aliphatic heterocycles. The lowest BCUT2D eigenvalue weighted by Crippen LogP contribution is -2.44. The van der Waals surface area contributed by atoms with Crippen molar-refractivity contribution in [1.82, 2.24) is 9.88 Å². The number of likely N-dealkylation sites (N-methyl/N-ethyl adjacent to an activating group) is 1. The first kappa shape index (κ1) is 15.9. The predicted molar refractivity (Wildman–Crippen MR) is 100 cm³/mol. The normalized spacial score (nSPS) is 20.0. The van der Waals surface area contributed by atoms with Crippen LogP contribution >= 0.6 is 0 Å². The van der Waals surface area contributed by atoms with Gasteiger partial charge in [0.1, 0.15) is 5.82 Å². The maximum atomic E-state index is 12.6. The van der Waals surface area contributed by atoms with E-state index in [2.05, 4.69) is 32.5 Å². The second kappa shape index (κ2) is 6.72. The van der Waals surface area contributed by atoms with Gasteiger partial charge in [-0.05, 0) is 30.8 Å². The summed E-state index contributed by atoms with van der Waals surface area (Å²) in [5.74, 6) is 0.819. The van der Waals surface area contributed by atoms with Crippen LogP contribution in [0.5, 0.6) is 0 Å². The first-order valence-corrected chi connectivity index (χ1v) is 8.74. The van der Waals surface area contributed by atoms with Crippen LogP contribution in [0.3, 0.4) is 0 Å². The van der Waals surface area contributed by atoms with Gasteiger partial charge in [0, 0.05) is 38.4 Å². The van der Waals surface area contributed by atoms with E-state index in [9.17, 15) is 4.79 Å². The molecule has 0 bridgehead atoms. The number of nitrogens with one attached hydrogen (secondary N) is 2. The fraction of sp³-hybridized carbons (Fsp3) is 0.368. The van der Waals surface area contributed by atoms with Crippen LogP contribution in [-0.2, 0) is 4.79 Å². The molecular weight excluding hydrogens is 314 g/mol. The van der Waals surface area contributed by atoms with Gasteiger partial charge < -0.3 is 20.4 Å². The van der Waals surface area contributed by atoms with Gasteiger partial charge in [-0.1, -0.05) is 18.2 Å². The van der Waals surface area contributed by atoms with Crippen LogP contribution in [-0.4, -0.2) is 55.6 Å². The van der Waals surface area contributed by atoms with E-state index < -0.39 is 0 Å². The Balaban J connectivity index is 1.41. The highest BCUT2D eigenvalue weighted by Crippen LogP contribution is 2.31. The third-order valence-electron chi connectivity index (χ3n) is 4.99. The standard InChI is InChI=1S/C19H23N5O/c1-23-8-10-24(11-9-23)18-7-6-14(12-21-18)22-19(25)16-13-20-17-5-3-2-4-15(16)17/h2-7,12,16,20H,8-11,13H2,1H3,(H,22,25). The van der Waals surface area contributed by atoms with E-state index in [-0.39, 0.29) is 11.8 Å². The number of nitrogens with zero attached hydrogens (tertiary/aromatic N) is 3. The van der Waals surface area contributed by atoms with Crippen molar-refractivity contribution in [3.8, 4) is 0 Å². The molecule has 0 radical (unpaired) electrons. The molecule has 1 aromatic heterocycles. The minimum Gasteiger partial charge on any atom is -0.384 e. The molecular formula is C19H23N5O. The second-order valence-electron chi connectivity index (χ2n) is 6.71. The number of anilines is 3. The first-order chi connectivity index (χ1) is 12.2. The number of piperazine rings is 1. The lowest BCUT2D eigenvalue weighted by atomic mass is 10.0. The van der Waals surface area contributed by atoms with Gasteiger partial charge in [0.25, 0.3) is 0 Å². The van der Waals surface area contributed by atoms with E-state index in [0.717, 1.165) is 48.9 Å². The summed E-state index contributed by atoms with van der Waals surface area (Å²) in [5, 5.41) is 6.28. The monoisotopic (exact) mass is 337 g/mol. The molecule has 0 aliphatic carbocycles. The quantitative estimate of drug-likeness (QED) is 0.897. The van der Waals surface area contributed by atoms with Crippen molar-refractivity contribution >= 4 is 23.1 Å². The molecule has 2 aromatic rings. The molecule has 6 heteroatoms. The molecule has 0 spiro atoms. The molecule has 1 fully saturated rings. The number of hydrogen-bond acceptors (Lipinski definition) is 5. The van der Waals surface area contributed by atoms with Crippen LogP contribution in [0.4, 0.5) is 17.2 Å². The third-order valence-corrected chi connectivity index (χ3v) is 4.99. The highest BCUT2D eigenvalue weighted by molar-refractivity contribution is 5.98. The molecule has 130 valence electrons. The molecule has 3 heterocycles. The lowest BCUT2D eigenvalue weighted by molar-refractivity contribution is -0.117. The van der Waals surface area contributed by atoms with Gasteiger partial charge in [-0.2, -0.15) is 0 Å². The smallest absolute Gasteiger partial charge is 0.233 e. The molecule has 1 amide bonds. The Hall–Kier alpha value is -2.60. The van der Waals surface area contributed by atoms with Crippen LogP contribution in [0, 0.1) is 0 Å². The Morgan fingerprint density at radius 1 is 1.16 bits per heavy atom. The van der Waals surface area contributed by atoms with E-state index in [1.54, 1.807) is 6.20 Å². The number of fused-ring (bicyclic) bond motifs is 1. The number of rotatable bonds is 3. The fourth-order valence-electron chi connectivity index (χ4n) is 3.43. The number of amides is 1. The van der Waals surface area contributed by atoms with E-state index >= 15 is 0 Å². The topological polar surface area (TPSA) is 60.5 Å². The molecule has 0 saturated carbocycles. The number of hydrogen-bond donors (Lipinski definition) is 2. The fourth-order valence-corrected chi connectivity index (χ4v) is 3.43. The maximum absolute atomic E-state index is 12.6. The number of pyridine rings is 1. The van der Waals surface area contributed by atoms with Crippen molar-refractivity contribution < 1.29 is 4.79 Å². The van der Waals surface area contributed by atoms with Crippen LogP contribution in [0.1, 0.15) is 11.5 Å². The summed E-state index contributed by atoms with van der Waals surface area (Å²) >= 11 is 0. The number of benzene rings is 1. The molecule has 1 saturated heterocycles. The van der Waals surface area contributed by atoms with Gasteiger partial charge in [-0.15, -0.1) is 0 Å². The van der Waals surface area contributed by atoms with Gasteiger partial charge in [0.15, 0.2) is 0 Å². The number of para-hydroxylation sites is 1. The average Bonchev–Trinajstić information content (AvgIpc) is 3.07. The SMILES string of the molecule is CN1CCN(c2ccc(NC(=O)C3CNc4ccccc43)cn2)CC1. The van der Waals surface area contributed by atoms with E-state index in [1.165, 1.54) is 0 Å². The Morgan fingerprint density at radius 3 is 2.72 bits per heavy atom. The van der Waals surface area contributed by atoms with Gasteiger partial charge in [-0.3, -0.25) is 4.79 Å². The van der Waals surface area contributed by atoms with Gasteiger partial charge in [-0.25, -0.2) is 4.98 Å². The van der Waals surface area contributed by atoms with Gasteiger partial charge >= 0.3 is 0 Å². The molecule has 2 N–H and O–H groups in total.